The number of hydrogen-bond donors (Lipinski definition) is 2. The number of carbonyl (C=O) groups is 2. The van der Waals surface area contributed by atoms with Gasteiger partial charge in [-0.15, -0.1) is 0 Å². The van der Waals surface area contributed by atoms with Crippen molar-refractivity contribution >= 4 is 11.9 Å². The quantitative estimate of drug-likeness (QED) is 0.638. The van der Waals surface area contributed by atoms with Crippen LogP contribution in [0, 0.1) is 11.3 Å². The zero-order valence-electron chi connectivity index (χ0n) is 7.62. The van der Waals surface area contributed by atoms with Crippen LogP contribution >= 0.6 is 0 Å². The highest BCUT2D eigenvalue weighted by atomic mass is 16.4. The third-order valence-electron chi connectivity index (χ3n) is 3.06. The van der Waals surface area contributed by atoms with Crippen LogP contribution < -0.4 is 0 Å². The van der Waals surface area contributed by atoms with Crippen molar-refractivity contribution in [1.82, 2.24) is 0 Å². The first kappa shape index (κ1) is 10.0. The normalized spacial score (nSPS) is 26.7. The molecule has 0 aromatic carbocycles. The lowest BCUT2D eigenvalue weighted by atomic mass is 9.67. The van der Waals surface area contributed by atoms with Gasteiger partial charge in [0.1, 0.15) is 0 Å². The molecule has 0 heterocycles. The Morgan fingerprint density at radius 1 is 1.23 bits per heavy atom. The fourth-order valence-corrected chi connectivity index (χ4v) is 2.07. The van der Waals surface area contributed by atoms with Crippen LogP contribution in [-0.4, -0.2) is 22.2 Å². The molecule has 0 radical (unpaired) electrons. The molecule has 1 aliphatic rings. The molecule has 0 unspecified atom stereocenters. The molecule has 0 aliphatic heterocycles. The molecule has 0 bridgehead atoms. The van der Waals surface area contributed by atoms with E-state index < -0.39 is 17.4 Å². The van der Waals surface area contributed by atoms with E-state index in [0.717, 1.165) is 6.42 Å². The number of carboxylic acid groups (broad SMARTS) is 2. The van der Waals surface area contributed by atoms with Crippen LogP contribution in [0.15, 0.2) is 0 Å². The first-order valence-electron chi connectivity index (χ1n) is 4.48. The predicted molar refractivity (Wildman–Crippen MR) is 45.3 cm³/mol. The molecule has 0 saturated heterocycles. The Hall–Kier alpha value is -1.06. The molecule has 1 fully saturated rings. The molecular weight excluding hydrogens is 172 g/mol. The van der Waals surface area contributed by atoms with E-state index in [0.29, 0.717) is 12.8 Å². The Labute approximate surface area is 76.6 Å². The van der Waals surface area contributed by atoms with Gasteiger partial charge in [0.2, 0.25) is 0 Å². The minimum Gasteiger partial charge on any atom is -0.480 e. The highest BCUT2D eigenvalue weighted by Gasteiger charge is 2.51. The molecule has 1 saturated carbocycles. The molecule has 0 aromatic rings. The zero-order chi connectivity index (χ0) is 10.1. The smallest absolute Gasteiger partial charge is 0.321 e. The molecule has 4 heteroatoms. The van der Waals surface area contributed by atoms with Gasteiger partial charge >= 0.3 is 11.9 Å². The maximum absolute atomic E-state index is 10.9. The standard InChI is InChI=1S/C9H14O4/c1-6-4-2-3-5-9(6,7(10)11)8(12)13/h6H,2-5H2,1H3,(H,10,11)(H,12,13)/t6-/m0/s1. The Morgan fingerprint density at radius 3 is 2.08 bits per heavy atom. The largest absolute Gasteiger partial charge is 0.480 e. The minimum atomic E-state index is -1.53. The number of rotatable bonds is 2. The van der Waals surface area contributed by atoms with E-state index in [1.165, 1.54) is 0 Å². The van der Waals surface area contributed by atoms with Gasteiger partial charge in [0.15, 0.2) is 5.41 Å². The maximum atomic E-state index is 10.9. The average molecular weight is 186 g/mol. The fourth-order valence-electron chi connectivity index (χ4n) is 2.07. The zero-order valence-corrected chi connectivity index (χ0v) is 7.62. The monoisotopic (exact) mass is 186 g/mol. The van der Waals surface area contributed by atoms with Gasteiger partial charge in [-0.05, 0) is 18.8 Å². The summed E-state index contributed by atoms with van der Waals surface area (Å²) in [5.41, 5.74) is -1.53. The molecule has 13 heavy (non-hydrogen) atoms. The molecule has 4 nitrogen and oxygen atoms in total. The molecule has 1 atom stereocenters. The minimum absolute atomic E-state index is 0.263. The van der Waals surface area contributed by atoms with Gasteiger partial charge in [0.05, 0.1) is 0 Å². The van der Waals surface area contributed by atoms with E-state index in [1.807, 2.05) is 0 Å². The second-order valence-electron chi connectivity index (χ2n) is 3.73. The van der Waals surface area contributed by atoms with Gasteiger partial charge in [-0.1, -0.05) is 19.8 Å². The van der Waals surface area contributed by atoms with Gasteiger partial charge < -0.3 is 10.2 Å². The lowest BCUT2D eigenvalue weighted by molar-refractivity contribution is -0.171. The van der Waals surface area contributed by atoms with E-state index in [2.05, 4.69) is 0 Å². The second-order valence-corrected chi connectivity index (χ2v) is 3.73. The van der Waals surface area contributed by atoms with Crippen LogP contribution in [0.3, 0.4) is 0 Å². The molecular formula is C9H14O4. The lowest BCUT2D eigenvalue weighted by Crippen LogP contribution is -2.46. The van der Waals surface area contributed by atoms with Crippen LogP contribution in [0.4, 0.5) is 0 Å². The second kappa shape index (κ2) is 3.36. The van der Waals surface area contributed by atoms with Crippen LogP contribution in [-0.2, 0) is 9.59 Å². The summed E-state index contributed by atoms with van der Waals surface area (Å²) in [7, 11) is 0. The Balaban J connectivity index is 3.00. The van der Waals surface area contributed by atoms with E-state index in [-0.39, 0.29) is 12.3 Å². The van der Waals surface area contributed by atoms with Crippen LogP contribution in [0.2, 0.25) is 0 Å². The molecule has 1 aliphatic carbocycles. The maximum Gasteiger partial charge on any atom is 0.321 e. The van der Waals surface area contributed by atoms with Crippen molar-refractivity contribution < 1.29 is 19.8 Å². The summed E-state index contributed by atoms with van der Waals surface area (Å²) < 4.78 is 0. The summed E-state index contributed by atoms with van der Waals surface area (Å²) in [6, 6.07) is 0. The van der Waals surface area contributed by atoms with Crippen molar-refractivity contribution in [2.24, 2.45) is 11.3 Å². The van der Waals surface area contributed by atoms with Gasteiger partial charge in [0.25, 0.3) is 0 Å². The molecule has 0 amide bonds. The lowest BCUT2D eigenvalue weighted by Gasteiger charge is -2.34. The fraction of sp³-hybridized carbons (Fsp3) is 0.778. The van der Waals surface area contributed by atoms with Crippen LogP contribution in [0.5, 0.6) is 0 Å². The van der Waals surface area contributed by atoms with Crippen molar-refractivity contribution in [3.05, 3.63) is 0 Å². The Kier molecular flexibility index (Phi) is 2.59. The summed E-state index contributed by atoms with van der Waals surface area (Å²) >= 11 is 0. The van der Waals surface area contributed by atoms with E-state index >= 15 is 0 Å². The van der Waals surface area contributed by atoms with E-state index in [4.69, 9.17) is 10.2 Å². The number of hydrogen-bond acceptors (Lipinski definition) is 2. The average Bonchev–Trinajstić information content (AvgIpc) is 2.04. The summed E-state index contributed by atoms with van der Waals surface area (Å²) in [4.78, 5) is 21.9. The third-order valence-corrected chi connectivity index (χ3v) is 3.06. The van der Waals surface area contributed by atoms with E-state index in [1.54, 1.807) is 6.92 Å². The van der Waals surface area contributed by atoms with Crippen molar-refractivity contribution in [1.29, 1.82) is 0 Å². The van der Waals surface area contributed by atoms with Crippen LogP contribution in [0.25, 0.3) is 0 Å². The molecule has 2 N–H and O–H groups in total. The first-order valence-corrected chi connectivity index (χ1v) is 4.48. The Bertz CT molecular complexity index is 220. The SMILES string of the molecule is C[C@H]1CCCCC1(C(=O)O)C(=O)O. The summed E-state index contributed by atoms with van der Waals surface area (Å²) in [6.45, 7) is 1.71. The van der Waals surface area contributed by atoms with Crippen molar-refractivity contribution in [2.45, 2.75) is 32.6 Å². The number of aliphatic carboxylic acids is 2. The number of carboxylic acids is 2. The summed E-state index contributed by atoms with van der Waals surface area (Å²) in [5, 5.41) is 17.9. The van der Waals surface area contributed by atoms with Crippen molar-refractivity contribution in [3.63, 3.8) is 0 Å². The molecule has 0 aromatic heterocycles. The summed E-state index contributed by atoms with van der Waals surface area (Å²) in [5.74, 6) is -2.64. The van der Waals surface area contributed by atoms with Crippen molar-refractivity contribution in [3.8, 4) is 0 Å². The molecule has 1 rings (SSSR count). The summed E-state index contributed by atoms with van der Waals surface area (Å²) in [6.07, 6.45) is 2.59. The van der Waals surface area contributed by atoms with Gasteiger partial charge in [-0.2, -0.15) is 0 Å². The first-order chi connectivity index (χ1) is 6.01. The van der Waals surface area contributed by atoms with E-state index in [9.17, 15) is 9.59 Å². The molecule has 0 spiro atoms. The molecule has 74 valence electrons. The highest BCUT2D eigenvalue weighted by Crippen LogP contribution is 2.41. The Morgan fingerprint density at radius 2 is 1.77 bits per heavy atom. The van der Waals surface area contributed by atoms with Crippen LogP contribution in [0.1, 0.15) is 32.6 Å². The predicted octanol–water partition coefficient (Wildman–Crippen LogP) is 1.35. The topological polar surface area (TPSA) is 74.6 Å². The van der Waals surface area contributed by atoms with Gasteiger partial charge in [-0.3, -0.25) is 9.59 Å². The third kappa shape index (κ3) is 1.41. The highest BCUT2D eigenvalue weighted by molar-refractivity contribution is 5.98. The van der Waals surface area contributed by atoms with Gasteiger partial charge in [0, 0.05) is 0 Å². The van der Waals surface area contributed by atoms with Crippen molar-refractivity contribution in [2.75, 3.05) is 0 Å². The van der Waals surface area contributed by atoms with Gasteiger partial charge in [-0.25, -0.2) is 0 Å².